The molecule has 0 spiro atoms. The molecule has 4 heteroatoms. The van der Waals surface area contributed by atoms with Gasteiger partial charge in [0.2, 0.25) is 0 Å². The van der Waals surface area contributed by atoms with Gasteiger partial charge in [-0.15, -0.1) is 0 Å². The van der Waals surface area contributed by atoms with Crippen LogP contribution in [0.2, 0.25) is 0 Å². The predicted octanol–water partition coefficient (Wildman–Crippen LogP) is 3.61. The highest BCUT2D eigenvalue weighted by Gasteiger charge is 2.17. The molecule has 0 radical (unpaired) electrons. The SMILES string of the molecule is CN(C)c1cccc(C(=O)Nc2ccccc2N2CCCC2)c1. The average molecular weight is 309 g/mol. The van der Waals surface area contributed by atoms with E-state index in [9.17, 15) is 4.79 Å². The first-order chi connectivity index (χ1) is 11.1. The predicted molar refractivity (Wildman–Crippen MR) is 96.6 cm³/mol. The first-order valence-electron chi connectivity index (χ1n) is 8.08. The highest BCUT2D eigenvalue weighted by molar-refractivity contribution is 6.06. The van der Waals surface area contributed by atoms with Crippen LogP contribution < -0.4 is 15.1 Å². The Morgan fingerprint density at radius 3 is 2.52 bits per heavy atom. The zero-order valence-electron chi connectivity index (χ0n) is 13.7. The number of para-hydroxylation sites is 2. The molecule has 1 heterocycles. The molecule has 0 unspecified atom stereocenters. The van der Waals surface area contributed by atoms with Gasteiger partial charge >= 0.3 is 0 Å². The fourth-order valence-corrected chi connectivity index (χ4v) is 2.93. The number of amides is 1. The molecular weight excluding hydrogens is 286 g/mol. The number of rotatable bonds is 4. The molecule has 1 fully saturated rings. The lowest BCUT2D eigenvalue weighted by molar-refractivity contribution is 0.102. The quantitative estimate of drug-likeness (QED) is 0.937. The Balaban J connectivity index is 1.82. The second-order valence-electron chi connectivity index (χ2n) is 6.11. The second-order valence-corrected chi connectivity index (χ2v) is 6.11. The number of nitrogens with zero attached hydrogens (tertiary/aromatic N) is 2. The normalized spacial score (nSPS) is 13.9. The van der Waals surface area contributed by atoms with Crippen LogP contribution in [0.1, 0.15) is 23.2 Å². The molecular formula is C19H23N3O. The fourth-order valence-electron chi connectivity index (χ4n) is 2.93. The minimum atomic E-state index is -0.0691. The number of nitrogens with one attached hydrogen (secondary N) is 1. The second kappa shape index (κ2) is 6.73. The van der Waals surface area contributed by atoms with Crippen molar-refractivity contribution >= 4 is 23.0 Å². The summed E-state index contributed by atoms with van der Waals surface area (Å²) < 4.78 is 0. The Hall–Kier alpha value is -2.49. The van der Waals surface area contributed by atoms with E-state index in [-0.39, 0.29) is 5.91 Å². The summed E-state index contributed by atoms with van der Waals surface area (Å²) in [6, 6.07) is 15.7. The summed E-state index contributed by atoms with van der Waals surface area (Å²) in [6.45, 7) is 2.12. The Kier molecular flexibility index (Phi) is 4.51. The summed E-state index contributed by atoms with van der Waals surface area (Å²) in [4.78, 5) is 16.9. The van der Waals surface area contributed by atoms with Crippen LogP contribution in [-0.4, -0.2) is 33.1 Å². The summed E-state index contributed by atoms with van der Waals surface area (Å²) in [5.41, 5.74) is 3.69. The van der Waals surface area contributed by atoms with Crippen molar-refractivity contribution in [3.05, 3.63) is 54.1 Å². The maximum atomic E-state index is 12.6. The molecule has 1 amide bonds. The number of carbonyl (C=O) groups is 1. The lowest BCUT2D eigenvalue weighted by atomic mass is 10.1. The number of hydrogen-bond donors (Lipinski definition) is 1. The Bertz CT molecular complexity index is 691. The van der Waals surface area contributed by atoms with Crippen molar-refractivity contribution in [3.63, 3.8) is 0 Å². The summed E-state index contributed by atoms with van der Waals surface area (Å²) in [7, 11) is 3.94. The molecule has 0 atom stereocenters. The third-order valence-corrected chi connectivity index (χ3v) is 4.22. The van der Waals surface area contributed by atoms with Gasteiger partial charge in [-0.2, -0.15) is 0 Å². The minimum Gasteiger partial charge on any atom is -0.378 e. The van der Waals surface area contributed by atoms with Gasteiger partial charge in [-0.3, -0.25) is 4.79 Å². The maximum Gasteiger partial charge on any atom is 0.255 e. The third kappa shape index (κ3) is 3.47. The molecule has 1 aliphatic heterocycles. The van der Waals surface area contributed by atoms with Crippen LogP contribution in [0, 0.1) is 0 Å². The highest BCUT2D eigenvalue weighted by Crippen LogP contribution is 2.29. The standard InChI is InChI=1S/C19H23N3O/c1-21(2)16-9-7-8-15(14-16)19(23)20-17-10-3-4-11-18(17)22-12-5-6-13-22/h3-4,7-11,14H,5-6,12-13H2,1-2H3,(H,20,23). The monoisotopic (exact) mass is 309 g/mol. The molecule has 120 valence electrons. The minimum absolute atomic E-state index is 0.0691. The largest absolute Gasteiger partial charge is 0.378 e. The first kappa shape index (κ1) is 15.4. The van der Waals surface area contributed by atoms with Crippen molar-refractivity contribution in [2.45, 2.75) is 12.8 Å². The van der Waals surface area contributed by atoms with E-state index < -0.39 is 0 Å². The molecule has 1 saturated heterocycles. The van der Waals surface area contributed by atoms with Crippen LogP contribution in [0.5, 0.6) is 0 Å². The lowest BCUT2D eigenvalue weighted by Gasteiger charge is -2.21. The van der Waals surface area contributed by atoms with Crippen LogP contribution in [0.4, 0.5) is 17.1 Å². The Morgan fingerprint density at radius 2 is 1.78 bits per heavy atom. The molecule has 2 aromatic carbocycles. The van der Waals surface area contributed by atoms with Crippen molar-refractivity contribution in [2.75, 3.05) is 42.3 Å². The third-order valence-electron chi connectivity index (χ3n) is 4.22. The van der Waals surface area contributed by atoms with Gasteiger partial charge in [0, 0.05) is 38.4 Å². The van der Waals surface area contributed by atoms with Gasteiger partial charge < -0.3 is 15.1 Å². The molecule has 1 aliphatic rings. The van der Waals surface area contributed by atoms with Gasteiger partial charge in [0.05, 0.1) is 11.4 Å². The van der Waals surface area contributed by atoms with E-state index in [0.717, 1.165) is 30.2 Å². The molecule has 23 heavy (non-hydrogen) atoms. The van der Waals surface area contributed by atoms with Gasteiger partial charge in [-0.05, 0) is 43.2 Å². The van der Waals surface area contributed by atoms with E-state index in [0.29, 0.717) is 5.56 Å². The molecule has 0 aromatic heterocycles. The lowest BCUT2D eigenvalue weighted by Crippen LogP contribution is -2.21. The number of anilines is 3. The number of carbonyl (C=O) groups excluding carboxylic acids is 1. The van der Waals surface area contributed by atoms with E-state index >= 15 is 0 Å². The average Bonchev–Trinajstić information content (AvgIpc) is 3.09. The topological polar surface area (TPSA) is 35.6 Å². The van der Waals surface area contributed by atoms with Crippen LogP contribution in [-0.2, 0) is 0 Å². The molecule has 1 N–H and O–H groups in total. The first-order valence-corrected chi connectivity index (χ1v) is 8.08. The van der Waals surface area contributed by atoms with E-state index in [1.807, 2.05) is 61.5 Å². The Morgan fingerprint density at radius 1 is 1.04 bits per heavy atom. The van der Waals surface area contributed by atoms with Crippen molar-refractivity contribution in [1.29, 1.82) is 0 Å². The zero-order valence-corrected chi connectivity index (χ0v) is 13.7. The summed E-state index contributed by atoms with van der Waals surface area (Å²) in [5.74, 6) is -0.0691. The van der Waals surface area contributed by atoms with Gasteiger partial charge in [0.15, 0.2) is 0 Å². The summed E-state index contributed by atoms with van der Waals surface area (Å²) in [6.07, 6.45) is 2.43. The smallest absolute Gasteiger partial charge is 0.255 e. The Labute approximate surface area is 137 Å². The van der Waals surface area contributed by atoms with Gasteiger partial charge in [0.25, 0.3) is 5.91 Å². The van der Waals surface area contributed by atoms with Crippen LogP contribution in [0.3, 0.4) is 0 Å². The van der Waals surface area contributed by atoms with Crippen molar-refractivity contribution < 1.29 is 4.79 Å². The van der Waals surface area contributed by atoms with Gasteiger partial charge in [-0.1, -0.05) is 18.2 Å². The molecule has 4 nitrogen and oxygen atoms in total. The number of hydrogen-bond acceptors (Lipinski definition) is 3. The number of benzene rings is 2. The molecule has 0 aliphatic carbocycles. The van der Waals surface area contributed by atoms with Crippen molar-refractivity contribution in [3.8, 4) is 0 Å². The van der Waals surface area contributed by atoms with Gasteiger partial charge in [0.1, 0.15) is 0 Å². The van der Waals surface area contributed by atoms with E-state index in [1.54, 1.807) is 0 Å². The molecule has 2 aromatic rings. The molecule has 0 bridgehead atoms. The molecule has 0 saturated carbocycles. The van der Waals surface area contributed by atoms with E-state index in [4.69, 9.17) is 0 Å². The fraction of sp³-hybridized carbons (Fsp3) is 0.316. The van der Waals surface area contributed by atoms with Gasteiger partial charge in [-0.25, -0.2) is 0 Å². The summed E-state index contributed by atoms with van der Waals surface area (Å²) in [5, 5.41) is 3.07. The maximum absolute atomic E-state index is 12.6. The van der Waals surface area contributed by atoms with Crippen LogP contribution in [0.15, 0.2) is 48.5 Å². The van der Waals surface area contributed by atoms with Crippen molar-refractivity contribution in [1.82, 2.24) is 0 Å². The van der Waals surface area contributed by atoms with Crippen LogP contribution in [0.25, 0.3) is 0 Å². The molecule has 3 rings (SSSR count). The summed E-state index contributed by atoms with van der Waals surface area (Å²) >= 11 is 0. The van der Waals surface area contributed by atoms with Crippen LogP contribution >= 0.6 is 0 Å². The van der Waals surface area contributed by atoms with E-state index in [1.165, 1.54) is 12.8 Å². The highest BCUT2D eigenvalue weighted by atomic mass is 16.1. The zero-order chi connectivity index (χ0) is 16.2. The van der Waals surface area contributed by atoms with Crippen molar-refractivity contribution in [2.24, 2.45) is 0 Å². The van der Waals surface area contributed by atoms with E-state index in [2.05, 4.69) is 16.3 Å².